The second-order valence-electron chi connectivity index (χ2n) is 3.72. The molecule has 0 amide bonds. The summed E-state index contributed by atoms with van der Waals surface area (Å²) < 4.78 is 21.6. The van der Waals surface area contributed by atoms with Crippen LogP contribution in [-0.2, 0) is 9.47 Å². The molecule has 2 aliphatic rings. The SMILES string of the molecule is C[C@@H]1CO[C@@H](c2ccc3c(c2)OCO3)O1. The molecule has 0 spiro atoms. The fourth-order valence-corrected chi connectivity index (χ4v) is 1.75. The van der Waals surface area contributed by atoms with Gasteiger partial charge in [0.1, 0.15) is 0 Å². The Morgan fingerprint density at radius 1 is 1.20 bits per heavy atom. The summed E-state index contributed by atoms with van der Waals surface area (Å²) >= 11 is 0. The maximum Gasteiger partial charge on any atom is 0.231 e. The third-order valence-electron chi connectivity index (χ3n) is 2.51. The molecular formula is C11H12O4. The largest absolute Gasteiger partial charge is 0.454 e. The second kappa shape index (κ2) is 3.40. The lowest BCUT2D eigenvalue weighted by Gasteiger charge is -2.10. The molecule has 1 aromatic carbocycles. The molecule has 4 nitrogen and oxygen atoms in total. The minimum absolute atomic E-state index is 0.153. The van der Waals surface area contributed by atoms with Gasteiger partial charge in [-0.05, 0) is 25.1 Å². The average Bonchev–Trinajstić information content (AvgIpc) is 2.84. The average molecular weight is 208 g/mol. The van der Waals surface area contributed by atoms with Crippen molar-refractivity contribution in [3.63, 3.8) is 0 Å². The molecule has 0 bridgehead atoms. The molecule has 0 saturated carbocycles. The van der Waals surface area contributed by atoms with Crippen LogP contribution in [0.5, 0.6) is 11.5 Å². The van der Waals surface area contributed by atoms with Gasteiger partial charge in [-0.15, -0.1) is 0 Å². The van der Waals surface area contributed by atoms with E-state index in [-0.39, 0.29) is 12.4 Å². The van der Waals surface area contributed by atoms with E-state index >= 15 is 0 Å². The van der Waals surface area contributed by atoms with E-state index in [1.807, 2.05) is 25.1 Å². The molecule has 0 aliphatic carbocycles. The number of benzene rings is 1. The van der Waals surface area contributed by atoms with E-state index < -0.39 is 0 Å². The molecule has 80 valence electrons. The van der Waals surface area contributed by atoms with Crippen LogP contribution >= 0.6 is 0 Å². The van der Waals surface area contributed by atoms with Crippen LogP contribution in [0.4, 0.5) is 0 Å². The molecule has 3 rings (SSSR count). The van der Waals surface area contributed by atoms with E-state index in [0.29, 0.717) is 13.4 Å². The van der Waals surface area contributed by atoms with E-state index in [0.717, 1.165) is 17.1 Å². The molecule has 1 saturated heterocycles. The summed E-state index contributed by atoms with van der Waals surface area (Å²) in [6.45, 7) is 2.92. The van der Waals surface area contributed by atoms with Crippen LogP contribution in [0.2, 0.25) is 0 Å². The predicted molar refractivity (Wildman–Crippen MR) is 51.8 cm³/mol. The Bertz CT molecular complexity index is 377. The smallest absolute Gasteiger partial charge is 0.231 e. The van der Waals surface area contributed by atoms with Gasteiger partial charge in [-0.2, -0.15) is 0 Å². The highest BCUT2D eigenvalue weighted by atomic mass is 16.7. The van der Waals surface area contributed by atoms with Crippen LogP contribution in [0.15, 0.2) is 18.2 Å². The zero-order chi connectivity index (χ0) is 10.3. The summed E-state index contributed by atoms with van der Waals surface area (Å²) in [5.41, 5.74) is 0.976. The first-order valence-electron chi connectivity index (χ1n) is 4.99. The van der Waals surface area contributed by atoms with E-state index in [4.69, 9.17) is 18.9 Å². The van der Waals surface area contributed by atoms with Crippen molar-refractivity contribution in [1.29, 1.82) is 0 Å². The molecule has 1 fully saturated rings. The third-order valence-corrected chi connectivity index (χ3v) is 2.51. The van der Waals surface area contributed by atoms with E-state index in [1.54, 1.807) is 0 Å². The normalized spacial score (nSPS) is 28.3. The van der Waals surface area contributed by atoms with Crippen molar-refractivity contribution in [3.8, 4) is 11.5 Å². The fourth-order valence-electron chi connectivity index (χ4n) is 1.75. The van der Waals surface area contributed by atoms with Gasteiger partial charge in [0.15, 0.2) is 17.8 Å². The first-order chi connectivity index (χ1) is 7.33. The summed E-state index contributed by atoms with van der Waals surface area (Å²) in [5, 5.41) is 0. The molecule has 2 heterocycles. The standard InChI is InChI=1S/C11H12O4/c1-7-5-12-11(15-7)8-2-3-9-10(4-8)14-6-13-9/h2-4,7,11H,5-6H2,1H3/t7-,11-/m1/s1. The van der Waals surface area contributed by atoms with Gasteiger partial charge in [0.25, 0.3) is 0 Å². The third kappa shape index (κ3) is 1.56. The zero-order valence-electron chi connectivity index (χ0n) is 8.43. The number of ether oxygens (including phenoxy) is 4. The Kier molecular flexibility index (Phi) is 2.04. The van der Waals surface area contributed by atoms with Gasteiger partial charge in [-0.3, -0.25) is 0 Å². The van der Waals surface area contributed by atoms with E-state index in [1.165, 1.54) is 0 Å². The van der Waals surface area contributed by atoms with Crippen molar-refractivity contribution in [2.45, 2.75) is 19.3 Å². The van der Waals surface area contributed by atoms with Crippen molar-refractivity contribution in [3.05, 3.63) is 23.8 Å². The number of hydrogen-bond donors (Lipinski definition) is 0. The van der Waals surface area contributed by atoms with Crippen molar-refractivity contribution in [1.82, 2.24) is 0 Å². The molecule has 4 heteroatoms. The van der Waals surface area contributed by atoms with Gasteiger partial charge >= 0.3 is 0 Å². The highest BCUT2D eigenvalue weighted by molar-refractivity contribution is 5.44. The van der Waals surface area contributed by atoms with Gasteiger partial charge in [0, 0.05) is 5.56 Å². The lowest BCUT2D eigenvalue weighted by molar-refractivity contribution is -0.0572. The van der Waals surface area contributed by atoms with Crippen LogP contribution in [0.25, 0.3) is 0 Å². The molecule has 0 aromatic heterocycles. The summed E-state index contributed by atoms with van der Waals surface area (Å²) in [7, 11) is 0. The van der Waals surface area contributed by atoms with Gasteiger partial charge in [0.2, 0.25) is 6.79 Å². The first kappa shape index (κ1) is 9.00. The Morgan fingerprint density at radius 3 is 2.87 bits per heavy atom. The summed E-state index contributed by atoms with van der Waals surface area (Å²) in [4.78, 5) is 0. The van der Waals surface area contributed by atoms with Crippen LogP contribution < -0.4 is 9.47 Å². The van der Waals surface area contributed by atoms with Crippen LogP contribution in [0, 0.1) is 0 Å². The molecule has 0 radical (unpaired) electrons. The molecule has 2 aliphatic heterocycles. The lowest BCUT2D eigenvalue weighted by Crippen LogP contribution is -2.02. The Hall–Kier alpha value is -1.26. The van der Waals surface area contributed by atoms with Gasteiger partial charge in [-0.25, -0.2) is 0 Å². The monoisotopic (exact) mass is 208 g/mol. The maximum atomic E-state index is 5.59. The van der Waals surface area contributed by atoms with E-state index in [2.05, 4.69) is 0 Å². The maximum absolute atomic E-state index is 5.59. The van der Waals surface area contributed by atoms with E-state index in [9.17, 15) is 0 Å². The van der Waals surface area contributed by atoms with Gasteiger partial charge < -0.3 is 18.9 Å². The number of fused-ring (bicyclic) bond motifs is 1. The van der Waals surface area contributed by atoms with Crippen LogP contribution in [0.3, 0.4) is 0 Å². The summed E-state index contributed by atoms with van der Waals surface area (Å²) in [6.07, 6.45) is -0.116. The predicted octanol–water partition coefficient (Wildman–Crippen LogP) is 1.85. The van der Waals surface area contributed by atoms with Crippen molar-refractivity contribution in [2.24, 2.45) is 0 Å². The Morgan fingerprint density at radius 2 is 2.07 bits per heavy atom. The number of rotatable bonds is 1. The Balaban J connectivity index is 1.87. The Labute approximate surface area is 87.7 Å². The topological polar surface area (TPSA) is 36.9 Å². The minimum atomic E-state index is -0.269. The van der Waals surface area contributed by atoms with Crippen molar-refractivity contribution < 1.29 is 18.9 Å². The second-order valence-corrected chi connectivity index (χ2v) is 3.72. The molecular weight excluding hydrogens is 196 g/mol. The first-order valence-corrected chi connectivity index (χ1v) is 4.99. The summed E-state index contributed by atoms with van der Waals surface area (Å²) in [6, 6.07) is 5.73. The summed E-state index contributed by atoms with van der Waals surface area (Å²) in [5.74, 6) is 1.55. The zero-order valence-corrected chi connectivity index (χ0v) is 8.43. The van der Waals surface area contributed by atoms with Crippen molar-refractivity contribution >= 4 is 0 Å². The fraction of sp³-hybridized carbons (Fsp3) is 0.455. The van der Waals surface area contributed by atoms with Gasteiger partial charge in [0.05, 0.1) is 12.7 Å². The molecule has 0 N–H and O–H groups in total. The number of hydrogen-bond acceptors (Lipinski definition) is 4. The van der Waals surface area contributed by atoms with Crippen LogP contribution in [0.1, 0.15) is 18.8 Å². The molecule has 1 aromatic rings. The van der Waals surface area contributed by atoms with Crippen LogP contribution in [-0.4, -0.2) is 19.5 Å². The van der Waals surface area contributed by atoms with Crippen molar-refractivity contribution in [2.75, 3.05) is 13.4 Å². The molecule has 2 atom stereocenters. The highest BCUT2D eigenvalue weighted by Crippen LogP contribution is 2.36. The van der Waals surface area contributed by atoms with Gasteiger partial charge in [-0.1, -0.05) is 0 Å². The molecule has 0 unspecified atom stereocenters. The molecule has 15 heavy (non-hydrogen) atoms. The minimum Gasteiger partial charge on any atom is -0.454 e. The highest BCUT2D eigenvalue weighted by Gasteiger charge is 2.25. The quantitative estimate of drug-likeness (QED) is 0.705. The lowest BCUT2D eigenvalue weighted by atomic mass is 10.2.